The molecule has 2 N–H and O–H groups in total. The Labute approximate surface area is 104 Å². The van der Waals surface area contributed by atoms with E-state index in [0.29, 0.717) is 0 Å². The van der Waals surface area contributed by atoms with Crippen LogP contribution in [0.15, 0.2) is 24.3 Å². The summed E-state index contributed by atoms with van der Waals surface area (Å²) in [6.07, 6.45) is -0.193. The molecule has 0 spiro atoms. The van der Waals surface area contributed by atoms with Gasteiger partial charge in [-0.25, -0.2) is 0 Å². The van der Waals surface area contributed by atoms with Crippen LogP contribution in [0.1, 0.15) is 23.2 Å². The minimum Gasteiger partial charge on any atom is -0.508 e. The highest BCUT2D eigenvalue weighted by atomic mass is 16.5. The van der Waals surface area contributed by atoms with Crippen molar-refractivity contribution in [1.82, 2.24) is 5.32 Å². The zero-order valence-electron chi connectivity index (χ0n) is 9.80. The Morgan fingerprint density at radius 2 is 1.78 bits per heavy atom. The van der Waals surface area contributed by atoms with Gasteiger partial charge in [0.05, 0.1) is 13.5 Å². The largest absolute Gasteiger partial charge is 0.508 e. The van der Waals surface area contributed by atoms with Gasteiger partial charge in [-0.15, -0.1) is 0 Å². The fourth-order valence-corrected chi connectivity index (χ4v) is 1.19. The third kappa shape index (κ3) is 4.25. The fourth-order valence-electron chi connectivity index (χ4n) is 1.19. The summed E-state index contributed by atoms with van der Waals surface area (Å²) < 4.78 is 4.37. The van der Waals surface area contributed by atoms with Crippen LogP contribution in [-0.2, 0) is 14.3 Å². The van der Waals surface area contributed by atoms with E-state index < -0.39 is 17.8 Å². The Balaban J connectivity index is 2.47. The maximum Gasteiger partial charge on any atom is 0.306 e. The number of carbonyl (C=O) groups is 3. The van der Waals surface area contributed by atoms with Crippen LogP contribution in [0.25, 0.3) is 0 Å². The molecule has 1 rings (SSSR count). The minimum absolute atomic E-state index is 0.0311. The SMILES string of the molecule is COC(=O)CCC(=O)NC(=O)c1ccc(O)cc1. The standard InChI is InChI=1S/C12H13NO5/c1-18-11(16)7-6-10(15)13-12(17)8-2-4-9(14)5-3-8/h2-5,14H,6-7H2,1H3,(H,13,15,17). The maximum atomic E-state index is 11.6. The van der Waals surface area contributed by atoms with Crippen molar-refractivity contribution in [3.05, 3.63) is 29.8 Å². The highest BCUT2D eigenvalue weighted by Gasteiger charge is 2.12. The number of nitrogens with one attached hydrogen (secondary N) is 1. The molecule has 1 aromatic carbocycles. The van der Waals surface area contributed by atoms with Crippen molar-refractivity contribution < 1.29 is 24.2 Å². The van der Waals surface area contributed by atoms with Gasteiger partial charge >= 0.3 is 5.97 Å². The molecule has 6 nitrogen and oxygen atoms in total. The summed E-state index contributed by atoms with van der Waals surface area (Å²) in [5, 5.41) is 11.2. The van der Waals surface area contributed by atoms with Crippen LogP contribution in [0.5, 0.6) is 5.75 Å². The number of phenols is 1. The topological polar surface area (TPSA) is 92.7 Å². The number of aromatic hydroxyl groups is 1. The van der Waals surface area contributed by atoms with E-state index in [9.17, 15) is 14.4 Å². The molecule has 0 aliphatic rings. The van der Waals surface area contributed by atoms with Gasteiger partial charge in [-0.2, -0.15) is 0 Å². The number of carbonyl (C=O) groups excluding carboxylic acids is 3. The zero-order chi connectivity index (χ0) is 13.5. The van der Waals surface area contributed by atoms with Crippen molar-refractivity contribution in [2.45, 2.75) is 12.8 Å². The third-order valence-electron chi connectivity index (χ3n) is 2.17. The molecule has 0 saturated heterocycles. The average Bonchev–Trinajstić information content (AvgIpc) is 2.36. The lowest BCUT2D eigenvalue weighted by atomic mass is 10.2. The van der Waals surface area contributed by atoms with Gasteiger partial charge in [-0.3, -0.25) is 19.7 Å². The van der Waals surface area contributed by atoms with Gasteiger partial charge in [0.1, 0.15) is 5.75 Å². The van der Waals surface area contributed by atoms with Gasteiger partial charge in [0.2, 0.25) is 5.91 Å². The van der Waals surface area contributed by atoms with Gasteiger partial charge in [-0.05, 0) is 24.3 Å². The van der Waals surface area contributed by atoms with Crippen molar-refractivity contribution in [1.29, 1.82) is 0 Å². The first kappa shape index (κ1) is 13.7. The summed E-state index contributed by atoms with van der Waals surface area (Å²) in [5.41, 5.74) is 0.249. The number of hydrogen-bond donors (Lipinski definition) is 2. The summed E-state index contributed by atoms with van der Waals surface area (Å²) >= 11 is 0. The van der Waals surface area contributed by atoms with Gasteiger partial charge in [0.15, 0.2) is 0 Å². The molecule has 6 heteroatoms. The molecule has 96 valence electrons. The Hall–Kier alpha value is -2.37. The molecule has 0 aliphatic heterocycles. The van der Waals surface area contributed by atoms with Crippen LogP contribution >= 0.6 is 0 Å². The molecule has 0 aromatic heterocycles. The number of methoxy groups -OCH3 is 1. The number of amides is 2. The molecule has 0 atom stereocenters. The summed E-state index contributed by atoms with van der Waals surface area (Å²) in [6.45, 7) is 0. The molecule has 0 bridgehead atoms. The van der Waals surface area contributed by atoms with Crippen LogP contribution in [0.3, 0.4) is 0 Å². The van der Waals surface area contributed by atoms with Crippen molar-refractivity contribution >= 4 is 17.8 Å². The van der Waals surface area contributed by atoms with Crippen LogP contribution < -0.4 is 5.32 Å². The number of phenolic OH excluding ortho intramolecular Hbond substituents is 1. The van der Waals surface area contributed by atoms with E-state index >= 15 is 0 Å². The van der Waals surface area contributed by atoms with Crippen molar-refractivity contribution in [2.75, 3.05) is 7.11 Å². The number of hydrogen-bond acceptors (Lipinski definition) is 5. The van der Waals surface area contributed by atoms with Crippen LogP contribution in [0.4, 0.5) is 0 Å². The molecule has 1 aromatic rings. The van der Waals surface area contributed by atoms with E-state index in [0.717, 1.165) is 0 Å². The molecule has 0 radical (unpaired) electrons. The van der Waals surface area contributed by atoms with Crippen LogP contribution in [-0.4, -0.2) is 30.0 Å². The summed E-state index contributed by atoms with van der Waals surface area (Å²) in [7, 11) is 1.22. The van der Waals surface area contributed by atoms with E-state index in [1.165, 1.54) is 31.4 Å². The highest BCUT2D eigenvalue weighted by molar-refractivity contribution is 6.05. The van der Waals surface area contributed by atoms with Gasteiger partial charge in [0, 0.05) is 12.0 Å². The van der Waals surface area contributed by atoms with E-state index in [4.69, 9.17) is 5.11 Å². The van der Waals surface area contributed by atoms with E-state index in [1.807, 2.05) is 0 Å². The Bertz CT molecular complexity index is 452. The number of ether oxygens (including phenoxy) is 1. The lowest BCUT2D eigenvalue weighted by Gasteiger charge is -2.03. The second-order valence-corrected chi connectivity index (χ2v) is 3.50. The molecular formula is C12H13NO5. The first-order valence-electron chi connectivity index (χ1n) is 5.23. The molecule has 0 fully saturated rings. The molecule has 0 unspecified atom stereocenters. The van der Waals surface area contributed by atoms with Crippen LogP contribution in [0.2, 0.25) is 0 Å². The number of rotatable bonds is 4. The number of esters is 1. The normalized spacial score (nSPS) is 9.61. The van der Waals surface area contributed by atoms with Crippen molar-refractivity contribution in [3.63, 3.8) is 0 Å². The van der Waals surface area contributed by atoms with Gasteiger partial charge in [-0.1, -0.05) is 0 Å². The van der Waals surface area contributed by atoms with E-state index in [1.54, 1.807) is 0 Å². The smallest absolute Gasteiger partial charge is 0.306 e. The maximum absolute atomic E-state index is 11.6. The lowest BCUT2D eigenvalue weighted by molar-refractivity contribution is -0.142. The minimum atomic E-state index is -0.579. The fraction of sp³-hybridized carbons (Fsp3) is 0.250. The predicted molar refractivity (Wildman–Crippen MR) is 61.8 cm³/mol. The quantitative estimate of drug-likeness (QED) is 0.764. The average molecular weight is 251 g/mol. The predicted octanol–water partition coefficient (Wildman–Crippen LogP) is 0.602. The summed E-state index contributed by atoms with van der Waals surface area (Å²) in [6, 6.07) is 5.46. The monoisotopic (exact) mass is 251 g/mol. The zero-order valence-corrected chi connectivity index (χ0v) is 9.80. The molecule has 18 heavy (non-hydrogen) atoms. The van der Waals surface area contributed by atoms with Gasteiger partial charge < -0.3 is 9.84 Å². The summed E-state index contributed by atoms with van der Waals surface area (Å²) in [5.74, 6) is -1.62. The lowest BCUT2D eigenvalue weighted by Crippen LogP contribution is -2.30. The van der Waals surface area contributed by atoms with Crippen molar-refractivity contribution in [2.24, 2.45) is 0 Å². The molecule has 0 saturated carbocycles. The second-order valence-electron chi connectivity index (χ2n) is 3.50. The summed E-state index contributed by atoms with van der Waals surface area (Å²) in [4.78, 5) is 33.7. The molecule has 0 aliphatic carbocycles. The molecule has 0 heterocycles. The Kier molecular flexibility index (Phi) is 4.86. The molecule has 2 amide bonds. The third-order valence-corrected chi connectivity index (χ3v) is 2.17. The van der Waals surface area contributed by atoms with E-state index in [-0.39, 0.29) is 24.2 Å². The van der Waals surface area contributed by atoms with Crippen LogP contribution in [0, 0.1) is 0 Å². The molecular weight excluding hydrogens is 238 g/mol. The highest BCUT2D eigenvalue weighted by Crippen LogP contribution is 2.09. The Morgan fingerprint density at radius 1 is 1.17 bits per heavy atom. The Morgan fingerprint density at radius 3 is 2.33 bits per heavy atom. The van der Waals surface area contributed by atoms with E-state index in [2.05, 4.69) is 10.1 Å². The first-order valence-corrected chi connectivity index (χ1v) is 5.23. The van der Waals surface area contributed by atoms with Gasteiger partial charge in [0.25, 0.3) is 5.91 Å². The number of benzene rings is 1. The number of imide groups is 1. The first-order chi connectivity index (χ1) is 8.52. The second kappa shape index (κ2) is 6.39. The van der Waals surface area contributed by atoms with Crippen molar-refractivity contribution in [3.8, 4) is 5.75 Å².